The summed E-state index contributed by atoms with van der Waals surface area (Å²) >= 11 is 1.13. The number of hydrogen-bond acceptors (Lipinski definition) is 7. The molecule has 3 rings (SSSR count). The Morgan fingerprint density at radius 2 is 2.11 bits per heavy atom. The fourth-order valence-corrected chi connectivity index (χ4v) is 3.45. The summed E-state index contributed by atoms with van der Waals surface area (Å²) in [6.45, 7) is 3.80. The van der Waals surface area contributed by atoms with Crippen molar-refractivity contribution in [2.24, 2.45) is 0 Å². The van der Waals surface area contributed by atoms with Crippen molar-refractivity contribution in [1.29, 1.82) is 0 Å². The molecule has 0 spiro atoms. The van der Waals surface area contributed by atoms with Gasteiger partial charge < -0.3 is 19.8 Å². The smallest absolute Gasteiger partial charge is 0.337 e. The molecule has 2 N–H and O–H groups in total. The molecule has 8 nitrogen and oxygen atoms in total. The number of aromatic nitrogens is 2. The molecule has 10 heteroatoms. The standard InChI is InChI=1S/C18H19FN4O4S/c1-3-12-14(16(24)26-4-2)13(21-17(25)20-12)9-28-18-23-22-15(27-18)10-7-5-6-8-11(10)19/h5-8,12H,3-4,9H2,1-2H3,(H2,20,21,25)/t12-/m1/s1. The zero-order valence-electron chi connectivity index (χ0n) is 15.3. The Balaban J connectivity index is 1.80. The lowest BCUT2D eigenvalue weighted by atomic mass is 10.0. The first-order valence-electron chi connectivity index (χ1n) is 8.72. The van der Waals surface area contributed by atoms with Crippen LogP contribution in [0.4, 0.5) is 9.18 Å². The number of carbonyl (C=O) groups is 2. The van der Waals surface area contributed by atoms with E-state index in [0.29, 0.717) is 17.7 Å². The van der Waals surface area contributed by atoms with Gasteiger partial charge in [-0.25, -0.2) is 14.0 Å². The van der Waals surface area contributed by atoms with Crippen molar-refractivity contribution in [3.05, 3.63) is 41.4 Å². The third-order valence-electron chi connectivity index (χ3n) is 4.00. The van der Waals surface area contributed by atoms with Crippen molar-refractivity contribution in [2.75, 3.05) is 12.4 Å². The van der Waals surface area contributed by atoms with Crippen LogP contribution >= 0.6 is 11.8 Å². The van der Waals surface area contributed by atoms with Gasteiger partial charge in [0.15, 0.2) is 0 Å². The third-order valence-corrected chi connectivity index (χ3v) is 4.84. The summed E-state index contributed by atoms with van der Waals surface area (Å²) in [5.74, 6) is -0.695. The fraction of sp³-hybridized carbons (Fsp3) is 0.333. The molecule has 1 aliphatic rings. The first-order valence-corrected chi connectivity index (χ1v) is 9.70. The molecule has 2 amide bonds. The molecule has 2 aromatic rings. The van der Waals surface area contributed by atoms with Crippen LogP contribution in [0.2, 0.25) is 0 Å². The maximum atomic E-state index is 13.9. The summed E-state index contributed by atoms with van der Waals surface area (Å²) in [6.07, 6.45) is 0.535. The Bertz CT molecular complexity index is 914. The lowest BCUT2D eigenvalue weighted by molar-refractivity contribution is -0.139. The van der Waals surface area contributed by atoms with E-state index < -0.39 is 23.9 Å². The Labute approximate surface area is 164 Å². The second-order valence-electron chi connectivity index (χ2n) is 5.81. The number of nitrogens with one attached hydrogen (secondary N) is 2. The molecule has 0 radical (unpaired) electrons. The van der Waals surface area contributed by atoms with Gasteiger partial charge in [-0.1, -0.05) is 30.8 Å². The zero-order chi connectivity index (χ0) is 20.1. The van der Waals surface area contributed by atoms with E-state index in [1.165, 1.54) is 12.1 Å². The maximum Gasteiger partial charge on any atom is 0.337 e. The molecule has 0 saturated carbocycles. The van der Waals surface area contributed by atoms with Crippen molar-refractivity contribution in [3.8, 4) is 11.5 Å². The van der Waals surface area contributed by atoms with Crippen LogP contribution in [0.25, 0.3) is 11.5 Å². The van der Waals surface area contributed by atoms with Gasteiger partial charge in [-0.05, 0) is 25.5 Å². The third kappa shape index (κ3) is 4.33. The Morgan fingerprint density at radius 3 is 2.82 bits per heavy atom. The van der Waals surface area contributed by atoms with Gasteiger partial charge >= 0.3 is 12.0 Å². The van der Waals surface area contributed by atoms with Crippen molar-refractivity contribution in [2.45, 2.75) is 31.5 Å². The van der Waals surface area contributed by atoms with Gasteiger partial charge in [-0.2, -0.15) is 0 Å². The molecule has 148 valence electrons. The number of halogens is 1. The van der Waals surface area contributed by atoms with Crippen LogP contribution < -0.4 is 10.6 Å². The topological polar surface area (TPSA) is 106 Å². The number of esters is 1. The highest BCUT2D eigenvalue weighted by atomic mass is 32.2. The molecule has 0 aliphatic carbocycles. The quantitative estimate of drug-likeness (QED) is 0.538. The van der Waals surface area contributed by atoms with Crippen LogP contribution in [0.15, 0.2) is 45.2 Å². The number of urea groups is 1. The average Bonchev–Trinajstić information content (AvgIpc) is 3.15. The molecule has 28 heavy (non-hydrogen) atoms. The molecule has 0 saturated heterocycles. The molecule has 1 aromatic heterocycles. The minimum atomic E-state index is -0.491. The number of benzene rings is 1. The summed E-state index contributed by atoms with van der Waals surface area (Å²) in [4.78, 5) is 24.2. The number of nitrogens with zero attached hydrogens (tertiary/aromatic N) is 2. The number of amides is 2. The first-order chi connectivity index (χ1) is 13.5. The predicted octanol–water partition coefficient (Wildman–Crippen LogP) is 2.88. The van der Waals surface area contributed by atoms with E-state index in [0.717, 1.165) is 11.8 Å². The number of carbonyl (C=O) groups excluding carboxylic acids is 2. The van der Waals surface area contributed by atoms with E-state index in [-0.39, 0.29) is 29.0 Å². The molecule has 1 aliphatic heterocycles. The highest BCUT2D eigenvalue weighted by molar-refractivity contribution is 7.99. The van der Waals surface area contributed by atoms with Crippen LogP contribution in [0.3, 0.4) is 0 Å². The maximum absolute atomic E-state index is 13.9. The van der Waals surface area contributed by atoms with E-state index in [2.05, 4.69) is 20.8 Å². The summed E-state index contributed by atoms with van der Waals surface area (Å²) in [6, 6.07) is 5.24. The molecule has 0 unspecified atom stereocenters. The normalized spacial score (nSPS) is 16.5. The molecule has 0 bridgehead atoms. The fourth-order valence-electron chi connectivity index (χ4n) is 2.72. The summed E-state index contributed by atoms with van der Waals surface area (Å²) in [5, 5.41) is 13.3. The van der Waals surface area contributed by atoms with Gasteiger partial charge in [-0.15, -0.1) is 10.2 Å². The van der Waals surface area contributed by atoms with E-state index in [1.54, 1.807) is 19.1 Å². The summed E-state index contributed by atoms with van der Waals surface area (Å²) < 4.78 is 24.5. The second kappa shape index (κ2) is 8.87. The van der Waals surface area contributed by atoms with Crippen LogP contribution in [0.5, 0.6) is 0 Å². The van der Waals surface area contributed by atoms with Crippen LogP contribution in [0.1, 0.15) is 20.3 Å². The largest absolute Gasteiger partial charge is 0.463 e. The van der Waals surface area contributed by atoms with Gasteiger partial charge in [0.2, 0.25) is 0 Å². The van der Waals surface area contributed by atoms with Crippen LogP contribution in [-0.2, 0) is 9.53 Å². The predicted molar refractivity (Wildman–Crippen MR) is 99.8 cm³/mol. The van der Waals surface area contributed by atoms with Crippen molar-refractivity contribution in [3.63, 3.8) is 0 Å². The highest BCUT2D eigenvalue weighted by Gasteiger charge is 2.31. The van der Waals surface area contributed by atoms with E-state index in [4.69, 9.17) is 9.15 Å². The Kier molecular flexibility index (Phi) is 6.30. The van der Waals surface area contributed by atoms with Crippen molar-refractivity contribution >= 4 is 23.8 Å². The second-order valence-corrected chi connectivity index (χ2v) is 6.74. The number of rotatable bonds is 7. The minimum Gasteiger partial charge on any atom is -0.463 e. The first kappa shape index (κ1) is 19.9. The van der Waals surface area contributed by atoms with Gasteiger partial charge in [0.05, 0.1) is 23.8 Å². The van der Waals surface area contributed by atoms with E-state index in [9.17, 15) is 14.0 Å². The number of hydrogen-bond donors (Lipinski definition) is 2. The van der Waals surface area contributed by atoms with E-state index >= 15 is 0 Å². The molecular formula is C18H19FN4O4S. The summed E-state index contributed by atoms with van der Waals surface area (Å²) in [7, 11) is 0. The lowest BCUT2D eigenvalue weighted by Gasteiger charge is -2.28. The van der Waals surface area contributed by atoms with Gasteiger partial charge in [0.25, 0.3) is 11.1 Å². The van der Waals surface area contributed by atoms with Gasteiger partial charge in [-0.3, -0.25) is 0 Å². The SMILES string of the molecule is CCOC(=O)C1=C(CSc2nnc(-c3ccccc3F)o2)NC(=O)N[C@@H]1CC. The van der Waals surface area contributed by atoms with Crippen LogP contribution in [0, 0.1) is 5.82 Å². The zero-order valence-corrected chi connectivity index (χ0v) is 16.1. The van der Waals surface area contributed by atoms with E-state index in [1.807, 2.05) is 6.92 Å². The minimum absolute atomic E-state index is 0.0565. The molecule has 1 atom stereocenters. The Hall–Kier alpha value is -2.88. The van der Waals surface area contributed by atoms with Crippen molar-refractivity contribution < 1.29 is 23.1 Å². The lowest BCUT2D eigenvalue weighted by Crippen LogP contribution is -2.50. The molecular weight excluding hydrogens is 387 g/mol. The number of thioether (sulfide) groups is 1. The summed E-state index contributed by atoms with van der Waals surface area (Å²) in [5.41, 5.74) is 0.990. The molecule has 0 fully saturated rings. The van der Waals surface area contributed by atoms with Crippen LogP contribution in [-0.4, -0.2) is 40.6 Å². The van der Waals surface area contributed by atoms with Gasteiger partial charge in [0, 0.05) is 11.4 Å². The monoisotopic (exact) mass is 406 g/mol. The van der Waals surface area contributed by atoms with Crippen molar-refractivity contribution in [1.82, 2.24) is 20.8 Å². The molecule has 2 heterocycles. The number of ether oxygens (including phenoxy) is 1. The Morgan fingerprint density at radius 1 is 1.32 bits per heavy atom. The molecule has 1 aromatic carbocycles. The van der Waals surface area contributed by atoms with Gasteiger partial charge in [0.1, 0.15) is 5.82 Å². The average molecular weight is 406 g/mol. The highest BCUT2D eigenvalue weighted by Crippen LogP contribution is 2.27.